The lowest BCUT2D eigenvalue weighted by Crippen LogP contribution is -2.56. The molecule has 0 unspecified atom stereocenters. The van der Waals surface area contributed by atoms with E-state index < -0.39 is 0 Å². The molecular weight excluding hydrogens is 430 g/mol. The number of ether oxygens (including phenoxy) is 1. The number of nitrogens with zero attached hydrogens (tertiary/aromatic N) is 7. The summed E-state index contributed by atoms with van der Waals surface area (Å²) >= 11 is 0. The van der Waals surface area contributed by atoms with E-state index in [4.69, 9.17) is 9.84 Å². The number of pyridine rings is 1. The molecule has 0 atom stereocenters. The van der Waals surface area contributed by atoms with Gasteiger partial charge in [0.2, 0.25) is 0 Å². The number of carbonyl (C=O) groups is 1. The highest BCUT2D eigenvalue weighted by Gasteiger charge is 2.36. The van der Waals surface area contributed by atoms with E-state index in [0.29, 0.717) is 28.9 Å². The second-order valence-electron chi connectivity index (χ2n) is 8.85. The van der Waals surface area contributed by atoms with Crippen LogP contribution in [0.5, 0.6) is 5.75 Å². The minimum atomic E-state index is -0.0593. The molecule has 0 radical (unpaired) electrons. The third-order valence-corrected chi connectivity index (χ3v) is 7.01. The van der Waals surface area contributed by atoms with E-state index in [9.17, 15) is 10.1 Å². The third-order valence-electron chi connectivity index (χ3n) is 7.01. The van der Waals surface area contributed by atoms with Crippen LogP contribution in [0.15, 0.2) is 24.7 Å². The van der Waals surface area contributed by atoms with Gasteiger partial charge in [0.1, 0.15) is 22.9 Å². The van der Waals surface area contributed by atoms with Gasteiger partial charge in [-0.3, -0.25) is 14.4 Å². The molecule has 5 heterocycles. The molecule has 0 bridgehead atoms. The van der Waals surface area contributed by atoms with Crippen molar-refractivity contribution in [2.24, 2.45) is 0 Å². The number of rotatable bonds is 4. The van der Waals surface area contributed by atoms with Gasteiger partial charge in [0.15, 0.2) is 0 Å². The van der Waals surface area contributed by atoms with Gasteiger partial charge in [-0.15, -0.1) is 0 Å². The number of fused-ring (bicyclic) bond motifs is 1. The van der Waals surface area contributed by atoms with Crippen LogP contribution >= 0.6 is 0 Å². The maximum Gasteiger partial charge on any atom is 0.298 e. The highest BCUT2D eigenvalue weighted by Crippen LogP contribution is 2.34. The van der Waals surface area contributed by atoms with E-state index in [0.717, 1.165) is 55.8 Å². The molecule has 34 heavy (non-hydrogen) atoms. The summed E-state index contributed by atoms with van der Waals surface area (Å²) in [5.74, 6) is 5.89. The van der Waals surface area contributed by atoms with Crippen molar-refractivity contribution < 1.29 is 9.53 Å². The summed E-state index contributed by atoms with van der Waals surface area (Å²) in [7, 11) is 1.60. The van der Waals surface area contributed by atoms with Crippen molar-refractivity contribution in [2.45, 2.75) is 38.8 Å². The second kappa shape index (κ2) is 8.85. The van der Waals surface area contributed by atoms with E-state index in [1.165, 1.54) is 0 Å². The first-order valence-electron chi connectivity index (χ1n) is 11.5. The Morgan fingerprint density at radius 3 is 2.62 bits per heavy atom. The average Bonchev–Trinajstić information content (AvgIpc) is 3.41. The topological polar surface area (TPSA) is 91.7 Å². The Balaban J connectivity index is 1.28. The van der Waals surface area contributed by atoms with Crippen LogP contribution in [0.4, 0.5) is 0 Å². The van der Waals surface area contributed by atoms with Crippen LogP contribution in [0.2, 0.25) is 0 Å². The van der Waals surface area contributed by atoms with Crippen molar-refractivity contribution in [3.8, 4) is 34.8 Å². The van der Waals surface area contributed by atoms with Crippen LogP contribution < -0.4 is 4.74 Å². The molecule has 2 fully saturated rings. The maximum absolute atomic E-state index is 12.0. The molecule has 0 aliphatic carbocycles. The summed E-state index contributed by atoms with van der Waals surface area (Å²) < 4.78 is 9.36. The summed E-state index contributed by atoms with van der Waals surface area (Å²) in [6, 6.07) is 4.95. The van der Waals surface area contributed by atoms with Gasteiger partial charge in [0.25, 0.3) is 5.91 Å². The summed E-state index contributed by atoms with van der Waals surface area (Å²) in [4.78, 5) is 16.3. The van der Waals surface area contributed by atoms with E-state index in [-0.39, 0.29) is 5.91 Å². The molecule has 2 saturated heterocycles. The Bertz CT molecular complexity index is 1340. The molecule has 0 aromatic carbocycles. The normalized spacial score (nSPS) is 17.2. The Hall–Kier alpha value is -3.82. The van der Waals surface area contributed by atoms with Gasteiger partial charge in [-0.05, 0) is 38.7 Å². The molecule has 2 aliphatic heterocycles. The van der Waals surface area contributed by atoms with Crippen molar-refractivity contribution >= 4 is 11.4 Å². The number of hydrogen-bond donors (Lipinski definition) is 0. The SMILES string of the molecule is CC#CC(=O)N1CCC(N2CC(n3ncc(-c4cc(OC)c5c(C#N)cnn5c4)c3C)C2)CC1. The number of carbonyl (C=O) groups excluding carboxylic acids is 1. The lowest BCUT2D eigenvalue weighted by atomic mass is 9.97. The van der Waals surface area contributed by atoms with Crippen LogP contribution in [0.25, 0.3) is 16.6 Å². The fourth-order valence-corrected chi connectivity index (χ4v) is 5.10. The number of amides is 1. The van der Waals surface area contributed by atoms with Crippen LogP contribution in [0.1, 0.15) is 37.1 Å². The first-order valence-corrected chi connectivity index (χ1v) is 11.5. The third kappa shape index (κ3) is 3.68. The molecule has 9 nitrogen and oxygen atoms in total. The molecule has 0 saturated carbocycles. The highest BCUT2D eigenvalue weighted by molar-refractivity contribution is 5.93. The zero-order valence-corrected chi connectivity index (χ0v) is 19.7. The van der Waals surface area contributed by atoms with Gasteiger partial charge in [-0.25, -0.2) is 4.52 Å². The first-order chi connectivity index (χ1) is 16.5. The van der Waals surface area contributed by atoms with Crippen molar-refractivity contribution in [2.75, 3.05) is 33.3 Å². The van der Waals surface area contributed by atoms with Crippen LogP contribution in [0.3, 0.4) is 0 Å². The predicted molar refractivity (Wildman–Crippen MR) is 126 cm³/mol. The van der Waals surface area contributed by atoms with E-state index >= 15 is 0 Å². The summed E-state index contributed by atoms with van der Waals surface area (Å²) in [5.41, 5.74) is 4.22. The molecule has 3 aromatic rings. The number of hydrogen-bond acceptors (Lipinski definition) is 6. The van der Waals surface area contributed by atoms with Gasteiger partial charge in [-0.1, -0.05) is 5.92 Å². The minimum Gasteiger partial charge on any atom is -0.494 e. The van der Waals surface area contributed by atoms with E-state index in [2.05, 4.69) is 39.5 Å². The van der Waals surface area contributed by atoms with Crippen LogP contribution in [0, 0.1) is 30.1 Å². The Kier molecular flexibility index (Phi) is 5.72. The molecule has 1 amide bonds. The quantitative estimate of drug-likeness (QED) is 0.558. The smallest absolute Gasteiger partial charge is 0.298 e. The van der Waals surface area contributed by atoms with Gasteiger partial charge in [-0.2, -0.15) is 15.5 Å². The van der Waals surface area contributed by atoms with Crippen molar-refractivity contribution in [3.05, 3.63) is 35.9 Å². The van der Waals surface area contributed by atoms with Gasteiger partial charge < -0.3 is 9.64 Å². The second-order valence-corrected chi connectivity index (χ2v) is 8.85. The molecule has 5 rings (SSSR count). The Morgan fingerprint density at radius 1 is 1.18 bits per heavy atom. The minimum absolute atomic E-state index is 0.0593. The Morgan fingerprint density at radius 2 is 1.94 bits per heavy atom. The summed E-state index contributed by atoms with van der Waals surface area (Å²) in [6.45, 7) is 7.25. The number of nitriles is 1. The number of methoxy groups -OCH3 is 1. The number of aromatic nitrogens is 4. The molecule has 2 aliphatic rings. The van der Waals surface area contributed by atoms with Crippen molar-refractivity contribution in [1.82, 2.24) is 29.2 Å². The molecule has 174 valence electrons. The number of piperidine rings is 1. The van der Waals surface area contributed by atoms with Crippen molar-refractivity contribution in [3.63, 3.8) is 0 Å². The first kappa shape index (κ1) is 22.0. The van der Waals surface area contributed by atoms with Gasteiger partial charge >= 0.3 is 0 Å². The Labute approximate surface area is 198 Å². The molecule has 9 heteroatoms. The lowest BCUT2D eigenvalue weighted by molar-refractivity contribution is -0.127. The largest absolute Gasteiger partial charge is 0.494 e. The van der Waals surface area contributed by atoms with E-state index in [1.54, 1.807) is 24.7 Å². The molecule has 3 aromatic heterocycles. The fourth-order valence-electron chi connectivity index (χ4n) is 5.10. The van der Waals surface area contributed by atoms with Gasteiger partial charge in [0, 0.05) is 55.2 Å². The summed E-state index contributed by atoms with van der Waals surface area (Å²) in [5, 5.41) is 18.4. The molecule has 0 spiro atoms. The van der Waals surface area contributed by atoms with Crippen molar-refractivity contribution in [1.29, 1.82) is 5.26 Å². The van der Waals surface area contributed by atoms with Crippen LogP contribution in [-0.4, -0.2) is 74.4 Å². The zero-order valence-electron chi connectivity index (χ0n) is 19.7. The fraction of sp³-hybridized carbons (Fsp3) is 0.440. The molecule has 0 N–H and O–H groups in total. The lowest BCUT2D eigenvalue weighted by Gasteiger charge is -2.47. The standard InChI is InChI=1S/C25H27N7O2/c1-4-5-24(33)29-8-6-20(7-9-29)30-15-21(16-30)32-17(2)22(13-28-32)18-10-23(34-3)25-19(11-26)12-27-31(25)14-18/h10,12-14,20-21H,6-9,15-16H2,1-3H3. The molecular formula is C25H27N7O2. The van der Waals surface area contributed by atoms with E-state index in [1.807, 2.05) is 23.4 Å². The average molecular weight is 458 g/mol. The van der Waals surface area contributed by atoms with Crippen LogP contribution in [-0.2, 0) is 4.79 Å². The predicted octanol–water partition coefficient (Wildman–Crippen LogP) is 2.26. The monoisotopic (exact) mass is 457 g/mol. The zero-order chi connectivity index (χ0) is 23.8. The van der Waals surface area contributed by atoms with Gasteiger partial charge in [0.05, 0.1) is 25.5 Å². The maximum atomic E-state index is 12.0. The summed E-state index contributed by atoms with van der Waals surface area (Å²) in [6.07, 6.45) is 7.34. The highest BCUT2D eigenvalue weighted by atomic mass is 16.5. The number of likely N-dealkylation sites (tertiary alicyclic amines) is 2.